The Balaban J connectivity index is 1.59. The minimum atomic E-state index is -3.23. The molecule has 25 heavy (non-hydrogen) atoms. The van der Waals surface area contributed by atoms with Crippen molar-refractivity contribution in [3.8, 4) is 0 Å². The first-order chi connectivity index (χ1) is 12.0. The minimum absolute atomic E-state index is 0.428. The van der Waals surface area contributed by atoms with Gasteiger partial charge < -0.3 is 4.90 Å². The Kier molecular flexibility index (Phi) is 5.88. The van der Waals surface area contributed by atoms with Crippen molar-refractivity contribution in [2.24, 2.45) is 0 Å². The van der Waals surface area contributed by atoms with Crippen LogP contribution in [0.3, 0.4) is 0 Å². The van der Waals surface area contributed by atoms with Gasteiger partial charge in [0.15, 0.2) is 0 Å². The zero-order chi connectivity index (χ0) is 17.7. The van der Waals surface area contributed by atoms with Crippen LogP contribution in [0, 0.1) is 0 Å². The Labute approximate surface area is 149 Å². The number of nitrogens with zero attached hydrogens (tertiary/aromatic N) is 3. The van der Waals surface area contributed by atoms with Gasteiger partial charge in [0.25, 0.3) is 0 Å². The SMILES string of the molecule is CS(=O)(=O)N(CCN1CCCC(c2ccn[nH]2)C1)Cc1ccccc1. The lowest BCUT2D eigenvalue weighted by Crippen LogP contribution is -2.41. The maximum Gasteiger partial charge on any atom is 0.211 e. The lowest BCUT2D eigenvalue weighted by molar-refractivity contribution is 0.192. The lowest BCUT2D eigenvalue weighted by atomic mass is 9.95. The summed E-state index contributed by atoms with van der Waals surface area (Å²) in [7, 11) is -3.23. The highest BCUT2D eigenvalue weighted by atomic mass is 32.2. The smallest absolute Gasteiger partial charge is 0.211 e. The van der Waals surface area contributed by atoms with E-state index < -0.39 is 10.0 Å². The summed E-state index contributed by atoms with van der Waals surface area (Å²) in [6.07, 6.45) is 5.36. The predicted molar refractivity (Wildman–Crippen MR) is 98.7 cm³/mol. The first-order valence-corrected chi connectivity index (χ1v) is 10.6. The van der Waals surface area contributed by atoms with Crippen molar-refractivity contribution < 1.29 is 8.42 Å². The van der Waals surface area contributed by atoms with Gasteiger partial charge in [-0.05, 0) is 31.0 Å². The van der Waals surface area contributed by atoms with E-state index in [0.29, 0.717) is 19.0 Å². The first kappa shape index (κ1) is 18.1. The van der Waals surface area contributed by atoms with Gasteiger partial charge in [-0.25, -0.2) is 8.42 Å². The third kappa shape index (κ3) is 5.14. The number of hydrogen-bond donors (Lipinski definition) is 1. The van der Waals surface area contributed by atoms with E-state index in [4.69, 9.17) is 0 Å². The van der Waals surface area contributed by atoms with Crippen molar-refractivity contribution >= 4 is 10.0 Å². The number of sulfonamides is 1. The normalized spacial score (nSPS) is 19.4. The van der Waals surface area contributed by atoms with E-state index in [1.165, 1.54) is 11.9 Å². The summed E-state index contributed by atoms with van der Waals surface area (Å²) in [5, 5.41) is 7.11. The van der Waals surface area contributed by atoms with Crippen LogP contribution in [0.4, 0.5) is 0 Å². The number of rotatable bonds is 7. The molecule has 1 aromatic heterocycles. The second kappa shape index (κ2) is 8.12. The zero-order valence-corrected chi connectivity index (χ0v) is 15.5. The van der Waals surface area contributed by atoms with Crippen LogP contribution in [-0.4, -0.2) is 60.3 Å². The predicted octanol–water partition coefficient (Wildman–Crippen LogP) is 2.05. The second-order valence-electron chi connectivity index (χ2n) is 6.73. The highest BCUT2D eigenvalue weighted by Gasteiger charge is 2.24. The molecule has 0 radical (unpaired) electrons. The van der Waals surface area contributed by atoms with Crippen LogP contribution >= 0.6 is 0 Å². The molecule has 6 nitrogen and oxygen atoms in total. The van der Waals surface area contributed by atoms with Gasteiger partial charge in [-0.3, -0.25) is 5.10 Å². The monoisotopic (exact) mass is 362 g/mol. The molecule has 1 fully saturated rings. The van der Waals surface area contributed by atoms with E-state index in [0.717, 1.165) is 38.0 Å². The largest absolute Gasteiger partial charge is 0.301 e. The standard InChI is InChI=1S/C18H26N4O2S/c1-25(23,24)22(14-16-6-3-2-4-7-16)13-12-21-11-5-8-17(15-21)18-9-10-19-20-18/h2-4,6-7,9-10,17H,5,8,11-15H2,1H3,(H,19,20). The molecular formula is C18H26N4O2S. The third-order valence-corrected chi connectivity index (χ3v) is 6.05. The number of aromatic amines is 1. The highest BCUT2D eigenvalue weighted by molar-refractivity contribution is 7.88. The third-order valence-electron chi connectivity index (χ3n) is 4.80. The number of benzene rings is 1. The Morgan fingerprint density at radius 1 is 1.28 bits per heavy atom. The molecule has 2 heterocycles. The molecule has 1 aromatic carbocycles. The Morgan fingerprint density at radius 2 is 2.08 bits per heavy atom. The van der Waals surface area contributed by atoms with Gasteiger partial charge in [0.05, 0.1) is 6.26 Å². The van der Waals surface area contributed by atoms with Crippen LogP contribution in [0.2, 0.25) is 0 Å². The summed E-state index contributed by atoms with van der Waals surface area (Å²) in [4.78, 5) is 2.36. The van der Waals surface area contributed by atoms with E-state index in [-0.39, 0.29) is 0 Å². The number of hydrogen-bond acceptors (Lipinski definition) is 4. The minimum Gasteiger partial charge on any atom is -0.301 e. The molecule has 0 aliphatic carbocycles. The maximum absolute atomic E-state index is 12.2. The molecular weight excluding hydrogens is 336 g/mol. The van der Waals surface area contributed by atoms with Gasteiger partial charge in [0, 0.05) is 44.0 Å². The fraction of sp³-hybridized carbons (Fsp3) is 0.500. The summed E-state index contributed by atoms with van der Waals surface area (Å²) in [6.45, 7) is 3.67. The lowest BCUT2D eigenvalue weighted by Gasteiger charge is -2.33. The van der Waals surface area contributed by atoms with E-state index >= 15 is 0 Å². The molecule has 0 saturated carbocycles. The average molecular weight is 362 g/mol. The molecule has 2 aromatic rings. The number of nitrogens with one attached hydrogen (secondary N) is 1. The van der Waals surface area contributed by atoms with Crippen molar-refractivity contribution in [3.05, 3.63) is 53.9 Å². The summed E-state index contributed by atoms with van der Waals surface area (Å²) < 4.78 is 25.9. The van der Waals surface area contributed by atoms with E-state index in [1.807, 2.05) is 36.4 Å². The van der Waals surface area contributed by atoms with Gasteiger partial charge >= 0.3 is 0 Å². The first-order valence-electron chi connectivity index (χ1n) is 8.73. The van der Waals surface area contributed by atoms with Crippen molar-refractivity contribution in [2.45, 2.75) is 25.3 Å². The van der Waals surface area contributed by atoms with Crippen molar-refractivity contribution in [3.63, 3.8) is 0 Å². The van der Waals surface area contributed by atoms with Crippen molar-refractivity contribution in [1.82, 2.24) is 19.4 Å². The molecule has 0 bridgehead atoms. The van der Waals surface area contributed by atoms with Crippen molar-refractivity contribution in [1.29, 1.82) is 0 Å². The van der Waals surface area contributed by atoms with Gasteiger partial charge in [-0.2, -0.15) is 9.40 Å². The Bertz CT molecular complexity index is 747. The summed E-state index contributed by atoms with van der Waals surface area (Å²) in [6, 6.07) is 11.8. The van der Waals surface area contributed by atoms with Crippen molar-refractivity contribution in [2.75, 3.05) is 32.4 Å². The molecule has 0 amide bonds. The number of piperidine rings is 1. The number of H-pyrrole nitrogens is 1. The van der Waals surface area contributed by atoms with Gasteiger partial charge in [0.1, 0.15) is 0 Å². The van der Waals surface area contributed by atoms with Crippen LogP contribution in [0.25, 0.3) is 0 Å². The topological polar surface area (TPSA) is 69.3 Å². The van der Waals surface area contributed by atoms with Crippen LogP contribution in [0.1, 0.15) is 30.0 Å². The van der Waals surface area contributed by atoms with Crippen LogP contribution in [0.15, 0.2) is 42.6 Å². The Hall–Kier alpha value is -1.70. The van der Waals surface area contributed by atoms with Crippen LogP contribution in [0.5, 0.6) is 0 Å². The van der Waals surface area contributed by atoms with E-state index in [2.05, 4.69) is 15.1 Å². The molecule has 1 atom stereocenters. The molecule has 0 spiro atoms. The fourth-order valence-corrected chi connectivity index (χ4v) is 4.21. The summed E-state index contributed by atoms with van der Waals surface area (Å²) in [5.41, 5.74) is 2.19. The summed E-state index contributed by atoms with van der Waals surface area (Å²) in [5.74, 6) is 0.456. The molecule has 136 valence electrons. The second-order valence-corrected chi connectivity index (χ2v) is 8.72. The molecule has 1 aliphatic rings. The maximum atomic E-state index is 12.2. The molecule has 3 rings (SSSR count). The molecule has 1 N–H and O–H groups in total. The molecule has 1 saturated heterocycles. The van der Waals surface area contributed by atoms with E-state index in [1.54, 1.807) is 10.5 Å². The highest BCUT2D eigenvalue weighted by Crippen LogP contribution is 2.25. The Morgan fingerprint density at radius 3 is 2.76 bits per heavy atom. The molecule has 7 heteroatoms. The van der Waals surface area contributed by atoms with Gasteiger partial charge in [-0.1, -0.05) is 30.3 Å². The quantitative estimate of drug-likeness (QED) is 0.818. The average Bonchev–Trinajstić information content (AvgIpc) is 3.13. The molecule has 1 unspecified atom stereocenters. The number of likely N-dealkylation sites (tertiary alicyclic amines) is 1. The fourth-order valence-electron chi connectivity index (χ4n) is 3.41. The van der Waals surface area contributed by atoms with Gasteiger partial charge in [-0.15, -0.1) is 0 Å². The zero-order valence-electron chi connectivity index (χ0n) is 14.6. The van der Waals surface area contributed by atoms with Crippen LogP contribution < -0.4 is 0 Å². The van der Waals surface area contributed by atoms with Gasteiger partial charge in [0.2, 0.25) is 10.0 Å². The number of aromatic nitrogens is 2. The van der Waals surface area contributed by atoms with Crippen LogP contribution in [-0.2, 0) is 16.6 Å². The molecule has 1 aliphatic heterocycles. The summed E-state index contributed by atoms with van der Waals surface area (Å²) >= 11 is 0. The van der Waals surface area contributed by atoms with E-state index in [9.17, 15) is 8.42 Å².